The molecule has 0 aliphatic heterocycles. The van der Waals surface area contributed by atoms with E-state index in [1.54, 1.807) is 24.9 Å². The highest BCUT2D eigenvalue weighted by molar-refractivity contribution is 7.98. The molecule has 0 N–H and O–H groups in total. The average Bonchev–Trinajstić information content (AvgIpc) is 3.32. The average molecular weight is 530 g/mol. The van der Waals surface area contributed by atoms with Gasteiger partial charge in [0.2, 0.25) is 5.89 Å². The zero-order valence-corrected chi connectivity index (χ0v) is 22.4. The molecular weight excluding hydrogens is 502 g/mol. The molecule has 38 heavy (non-hydrogen) atoms. The van der Waals surface area contributed by atoms with E-state index in [0.717, 1.165) is 11.3 Å². The Morgan fingerprint density at radius 2 is 1.79 bits per heavy atom. The maximum atomic E-state index is 13.6. The summed E-state index contributed by atoms with van der Waals surface area (Å²) < 4.78 is 24.1. The van der Waals surface area contributed by atoms with Crippen LogP contribution in [-0.4, -0.2) is 35.4 Å². The SMILES string of the molecule is CCOc1ccc(-c2nc(CSc3nc4ccccc4c(=O)n3-c3cccc(OC)c3)c(C)o2)cc1OC. The second-order valence-corrected chi connectivity index (χ2v) is 9.31. The van der Waals surface area contributed by atoms with Crippen molar-refractivity contribution in [3.05, 3.63) is 88.5 Å². The zero-order chi connectivity index (χ0) is 26.6. The van der Waals surface area contributed by atoms with E-state index in [4.69, 9.17) is 28.6 Å². The third kappa shape index (κ3) is 4.97. The number of benzene rings is 3. The summed E-state index contributed by atoms with van der Waals surface area (Å²) in [4.78, 5) is 23.1. The van der Waals surface area contributed by atoms with Crippen LogP contribution in [0.25, 0.3) is 28.0 Å². The minimum Gasteiger partial charge on any atom is -0.497 e. The monoisotopic (exact) mass is 529 g/mol. The van der Waals surface area contributed by atoms with Crippen molar-refractivity contribution in [2.24, 2.45) is 0 Å². The first kappa shape index (κ1) is 25.4. The Labute approximate surface area is 224 Å². The summed E-state index contributed by atoms with van der Waals surface area (Å²) in [5.74, 6) is 3.56. The van der Waals surface area contributed by atoms with Crippen molar-refractivity contribution in [2.75, 3.05) is 20.8 Å². The molecule has 0 spiro atoms. The van der Waals surface area contributed by atoms with Crippen LogP contribution in [0.2, 0.25) is 0 Å². The lowest BCUT2D eigenvalue weighted by atomic mass is 10.2. The van der Waals surface area contributed by atoms with E-state index in [1.807, 2.05) is 74.5 Å². The van der Waals surface area contributed by atoms with E-state index in [-0.39, 0.29) is 5.56 Å². The predicted octanol–water partition coefficient (Wildman–Crippen LogP) is 6.06. The fraction of sp³-hybridized carbons (Fsp3) is 0.207. The van der Waals surface area contributed by atoms with Crippen LogP contribution in [0.3, 0.4) is 0 Å². The van der Waals surface area contributed by atoms with Gasteiger partial charge >= 0.3 is 0 Å². The van der Waals surface area contributed by atoms with E-state index >= 15 is 0 Å². The van der Waals surface area contributed by atoms with Gasteiger partial charge in [0, 0.05) is 17.4 Å². The molecule has 0 aliphatic rings. The molecule has 2 aromatic heterocycles. The summed E-state index contributed by atoms with van der Waals surface area (Å²) in [6.45, 7) is 4.34. The number of rotatable bonds is 9. The van der Waals surface area contributed by atoms with Gasteiger partial charge in [-0.1, -0.05) is 30.0 Å². The Morgan fingerprint density at radius 3 is 2.58 bits per heavy atom. The van der Waals surface area contributed by atoms with Gasteiger partial charge in [-0.2, -0.15) is 0 Å². The van der Waals surface area contributed by atoms with Crippen LogP contribution in [0, 0.1) is 6.92 Å². The summed E-state index contributed by atoms with van der Waals surface area (Å²) in [5, 5.41) is 1.10. The quantitative estimate of drug-likeness (QED) is 0.168. The molecular formula is C29H27N3O5S. The van der Waals surface area contributed by atoms with Crippen molar-refractivity contribution in [1.82, 2.24) is 14.5 Å². The topological polar surface area (TPSA) is 88.6 Å². The van der Waals surface area contributed by atoms with Crippen LogP contribution in [0.4, 0.5) is 0 Å². The lowest BCUT2D eigenvalue weighted by Crippen LogP contribution is -2.21. The van der Waals surface area contributed by atoms with Gasteiger partial charge in [-0.3, -0.25) is 9.36 Å². The van der Waals surface area contributed by atoms with E-state index in [9.17, 15) is 4.79 Å². The Hall–Kier alpha value is -4.24. The summed E-state index contributed by atoms with van der Waals surface area (Å²) in [6.07, 6.45) is 0. The molecule has 2 heterocycles. The minimum absolute atomic E-state index is 0.148. The van der Waals surface area contributed by atoms with Gasteiger partial charge in [-0.25, -0.2) is 9.97 Å². The number of methoxy groups -OCH3 is 2. The molecule has 3 aromatic carbocycles. The highest BCUT2D eigenvalue weighted by Gasteiger charge is 2.18. The van der Waals surface area contributed by atoms with Crippen LogP contribution >= 0.6 is 11.8 Å². The summed E-state index contributed by atoms with van der Waals surface area (Å²) in [7, 11) is 3.20. The molecule has 0 saturated heterocycles. The van der Waals surface area contributed by atoms with Crippen LogP contribution in [0.15, 0.2) is 81.1 Å². The number of aryl methyl sites for hydroxylation is 1. The standard InChI is InChI=1S/C29H27N3O5S/c1-5-36-25-14-13-19(15-26(25)35-4)27-30-24(18(2)37-27)17-38-29-31-23-12-7-6-11-22(23)28(33)32(29)20-9-8-10-21(16-20)34-3/h6-16H,5,17H2,1-4H3. The summed E-state index contributed by atoms with van der Waals surface area (Å²) in [5.41, 5.74) is 2.71. The largest absolute Gasteiger partial charge is 0.497 e. The highest BCUT2D eigenvalue weighted by Crippen LogP contribution is 2.34. The van der Waals surface area contributed by atoms with Gasteiger partial charge in [0.25, 0.3) is 5.56 Å². The minimum atomic E-state index is -0.148. The first-order valence-electron chi connectivity index (χ1n) is 12.1. The van der Waals surface area contributed by atoms with Crippen LogP contribution in [0.5, 0.6) is 17.2 Å². The number of nitrogens with zero attached hydrogens (tertiary/aromatic N) is 3. The number of aromatic nitrogens is 3. The highest BCUT2D eigenvalue weighted by atomic mass is 32.2. The van der Waals surface area contributed by atoms with Crippen molar-refractivity contribution < 1.29 is 18.6 Å². The maximum Gasteiger partial charge on any atom is 0.266 e. The number of hydrogen-bond donors (Lipinski definition) is 0. The van der Waals surface area contributed by atoms with Crippen LogP contribution in [0.1, 0.15) is 18.4 Å². The van der Waals surface area contributed by atoms with Crippen molar-refractivity contribution in [3.63, 3.8) is 0 Å². The van der Waals surface area contributed by atoms with E-state index in [1.165, 1.54) is 11.8 Å². The summed E-state index contributed by atoms with van der Waals surface area (Å²) >= 11 is 1.42. The molecule has 0 aliphatic carbocycles. The Balaban J connectivity index is 1.50. The number of ether oxygens (including phenoxy) is 3. The number of fused-ring (bicyclic) bond motifs is 1. The van der Waals surface area contributed by atoms with Crippen LogP contribution < -0.4 is 19.8 Å². The van der Waals surface area contributed by atoms with Gasteiger partial charge in [0.1, 0.15) is 11.5 Å². The third-order valence-corrected chi connectivity index (χ3v) is 6.95. The van der Waals surface area contributed by atoms with Gasteiger partial charge < -0.3 is 18.6 Å². The zero-order valence-electron chi connectivity index (χ0n) is 21.6. The van der Waals surface area contributed by atoms with Crippen molar-refractivity contribution >= 4 is 22.7 Å². The maximum absolute atomic E-state index is 13.6. The van der Waals surface area contributed by atoms with Gasteiger partial charge in [-0.15, -0.1) is 0 Å². The van der Waals surface area contributed by atoms with Crippen molar-refractivity contribution in [3.8, 4) is 34.4 Å². The first-order valence-corrected chi connectivity index (χ1v) is 13.1. The first-order chi connectivity index (χ1) is 18.5. The Kier molecular flexibility index (Phi) is 7.37. The van der Waals surface area contributed by atoms with E-state index in [2.05, 4.69) is 0 Å². The Bertz CT molecular complexity index is 1660. The number of thioether (sulfide) groups is 1. The fourth-order valence-electron chi connectivity index (χ4n) is 4.08. The van der Waals surface area contributed by atoms with Crippen LogP contribution in [-0.2, 0) is 5.75 Å². The molecule has 8 nitrogen and oxygen atoms in total. The molecule has 0 unspecified atom stereocenters. The number of para-hydroxylation sites is 1. The molecule has 0 fully saturated rings. The second-order valence-electron chi connectivity index (χ2n) is 8.36. The lowest BCUT2D eigenvalue weighted by Gasteiger charge is -2.13. The number of hydrogen-bond acceptors (Lipinski definition) is 8. The molecule has 5 aromatic rings. The molecule has 0 saturated carbocycles. The predicted molar refractivity (Wildman–Crippen MR) is 148 cm³/mol. The number of oxazole rings is 1. The molecule has 194 valence electrons. The molecule has 0 amide bonds. The van der Waals surface area contributed by atoms with Gasteiger partial charge in [0.05, 0.1) is 43.1 Å². The van der Waals surface area contributed by atoms with Gasteiger partial charge in [-0.05, 0) is 56.3 Å². The lowest BCUT2D eigenvalue weighted by molar-refractivity contribution is 0.311. The normalized spacial score (nSPS) is 11.1. The third-order valence-electron chi connectivity index (χ3n) is 6.00. The van der Waals surface area contributed by atoms with Crippen molar-refractivity contribution in [2.45, 2.75) is 24.8 Å². The second kappa shape index (κ2) is 11.0. The molecule has 0 bridgehead atoms. The molecule has 0 radical (unpaired) electrons. The Morgan fingerprint density at radius 1 is 0.947 bits per heavy atom. The van der Waals surface area contributed by atoms with E-state index in [0.29, 0.717) is 63.0 Å². The van der Waals surface area contributed by atoms with Gasteiger partial charge in [0.15, 0.2) is 16.7 Å². The fourth-order valence-corrected chi connectivity index (χ4v) is 5.09. The molecule has 0 atom stereocenters. The van der Waals surface area contributed by atoms with Crippen molar-refractivity contribution in [1.29, 1.82) is 0 Å². The summed E-state index contributed by atoms with van der Waals surface area (Å²) in [6, 6.07) is 20.3. The molecule has 9 heteroatoms. The van der Waals surface area contributed by atoms with E-state index < -0.39 is 0 Å². The molecule has 5 rings (SSSR count). The smallest absolute Gasteiger partial charge is 0.266 e.